The summed E-state index contributed by atoms with van der Waals surface area (Å²) in [4.78, 5) is 28.5. The van der Waals surface area contributed by atoms with E-state index in [2.05, 4.69) is 11.4 Å². The van der Waals surface area contributed by atoms with Crippen molar-refractivity contribution in [1.29, 1.82) is 0 Å². The molecule has 2 amide bonds. The number of likely N-dealkylation sites (tertiary alicyclic amines) is 1. The van der Waals surface area contributed by atoms with Gasteiger partial charge < -0.3 is 15.1 Å². The highest BCUT2D eigenvalue weighted by atomic mass is 16.2. The van der Waals surface area contributed by atoms with Crippen LogP contribution in [0.2, 0.25) is 0 Å². The molecule has 1 aromatic rings. The van der Waals surface area contributed by atoms with Crippen molar-refractivity contribution in [1.82, 2.24) is 10.2 Å². The van der Waals surface area contributed by atoms with Gasteiger partial charge in [0.1, 0.15) is 0 Å². The Balaban J connectivity index is 1.54. The highest BCUT2D eigenvalue weighted by Crippen LogP contribution is 2.27. The molecule has 0 aromatic heterocycles. The molecule has 2 aliphatic rings. The first-order valence-corrected chi connectivity index (χ1v) is 8.99. The van der Waals surface area contributed by atoms with Crippen LogP contribution in [-0.2, 0) is 16.0 Å². The molecule has 5 nitrogen and oxygen atoms in total. The molecule has 0 atom stereocenters. The fourth-order valence-electron chi connectivity index (χ4n) is 3.78. The Morgan fingerprint density at radius 1 is 1.21 bits per heavy atom. The van der Waals surface area contributed by atoms with Crippen molar-refractivity contribution in [3.8, 4) is 0 Å². The molecule has 2 aliphatic heterocycles. The average molecular weight is 329 g/mol. The highest BCUT2D eigenvalue weighted by molar-refractivity contribution is 5.97. The van der Waals surface area contributed by atoms with Gasteiger partial charge in [-0.15, -0.1) is 0 Å². The van der Waals surface area contributed by atoms with E-state index in [1.165, 1.54) is 5.56 Å². The predicted molar refractivity (Wildman–Crippen MR) is 95.0 cm³/mol. The van der Waals surface area contributed by atoms with Crippen LogP contribution < -0.4 is 10.2 Å². The molecule has 0 saturated carbocycles. The van der Waals surface area contributed by atoms with Crippen molar-refractivity contribution >= 4 is 17.5 Å². The Bertz CT molecular complexity index is 594. The molecule has 24 heavy (non-hydrogen) atoms. The van der Waals surface area contributed by atoms with Crippen LogP contribution in [-0.4, -0.2) is 49.9 Å². The number of carbonyl (C=O) groups excluding carboxylic acids is 2. The number of nitrogens with zero attached hydrogens (tertiary/aromatic N) is 2. The van der Waals surface area contributed by atoms with Gasteiger partial charge in [0.25, 0.3) is 0 Å². The molecule has 0 unspecified atom stereocenters. The van der Waals surface area contributed by atoms with Crippen LogP contribution in [0.1, 0.15) is 31.2 Å². The zero-order valence-corrected chi connectivity index (χ0v) is 14.5. The number of para-hydroxylation sites is 1. The lowest BCUT2D eigenvalue weighted by atomic mass is 9.96. The van der Waals surface area contributed by atoms with Crippen LogP contribution in [0.25, 0.3) is 0 Å². The maximum Gasteiger partial charge on any atom is 0.227 e. The average Bonchev–Trinajstić information content (AvgIpc) is 2.61. The van der Waals surface area contributed by atoms with Crippen molar-refractivity contribution < 1.29 is 9.59 Å². The van der Waals surface area contributed by atoms with Gasteiger partial charge in [-0.1, -0.05) is 18.2 Å². The van der Waals surface area contributed by atoms with Crippen LogP contribution in [0.3, 0.4) is 0 Å². The second-order valence-electron chi connectivity index (χ2n) is 6.81. The monoisotopic (exact) mass is 329 g/mol. The van der Waals surface area contributed by atoms with E-state index >= 15 is 0 Å². The topological polar surface area (TPSA) is 52.7 Å². The largest absolute Gasteiger partial charge is 0.343 e. The second-order valence-corrected chi connectivity index (χ2v) is 6.81. The highest BCUT2D eigenvalue weighted by Gasteiger charge is 2.26. The molecule has 0 bridgehead atoms. The number of carbonyl (C=O) groups is 2. The van der Waals surface area contributed by atoms with Crippen LogP contribution in [0.15, 0.2) is 24.3 Å². The third-order valence-electron chi connectivity index (χ3n) is 5.20. The lowest BCUT2D eigenvalue weighted by Crippen LogP contribution is -2.43. The standard InChI is InChI=1S/C19H27N3O2/c1-20-14-15-8-11-21(12-9-15)18(23)10-13-22-17-5-3-2-4-16(17)6-7-19(22)24/h2-5,15,20H,6-14H2,1H3. The minimum absolute atomic E-state index is 0.134. The molecule has 0 radical (unpaired) electrons. The Morgan fingerprint density at radius 3 is 2.71 bits per heavy atom. The number of anilines is 1. The molecule has 1 aromatic carbocycles. The van der Waals surface area contributed by atoms with E-state index in [1.807, 2.05) is 30.1 Å². The first-order valence-electron chi connectivity index (χ1n) is 8.99. The van der Waals surface area contributed by atoms with Gasteiger partial charge in [0.15, 0.2) is 0 Å². The summed E-state index contributed by atoms with van der Waals surface area (Å²) < 4.78 is 0. The summed E-state index contributed by atoms with van der Waals surface area (Å²) in [5.41, 5.74) is 2.19. The first-order chi connectivity index (χ1) is 11.7. The fraction of sp³-hybridized carbons (Fsp3) is 0.579. The zero-order chi connectivity index (χ0) is 16.9. The lowest BCUT2D eigenvalue weighted by Gasteiger charge is -2.33. The Labute approximate surface area is 144 Å². The second kappa shape index (κ2) is 7.79. The van der Waals surface area contributed by atoms with Gasteiger partial charge in [-0.05, 0) is 50.4 Å². The summed E-state index contributed by atoms with van der Waals surface area (Å²) in [5, 5.41) is 3.22. The van der Waals surface area contributed by atoms with E-state index in [-0.39, 0.29) is 11.8 Å². The van der Waals surface area contributed by atoms with E-state index in [4.69, 9.17) is 0 Å². The van der Waals surface area contributed by atoms with Gasteiger partial charge in [0.05, 0.1) is 0 Å². The van der Waals surface area contributed by atoms with Gasteiger partial charge in [0.2, 0.25) is 11.8 Å². The molecule has 0 aliphatic carbocycles. The van der Waals surface area contributed by atoms with Gasteiger partial charge in [-0.25, -0.2) is 0 Å². The fourth-order valence-corrected chi connectivity index (χ4v) is 3.78. The number of piperidine rings is 1. The van der Waals surface area contributed by atoms with E-state index in [0.29, 0.717) is 25.3 Å². The minimum Gasteiger partial charge on any atom is -0.343 e. The van der Waals surface area contributed by atoms with Crippen LogP contribution in [0, 0.1) is 5.92 Å². The number of fused-ring (bicyclic) bond motifs is 1. The third-order valence-corrected chi connectivity index (χ3v) is 5.20. The molecule has 3 rings (SSSR count). The normalized spacial score (nSPS) is 18.6. The molecular weight excluding hydrogens is 302 g/mol. The molecule has 1 N–H and O–H groups in total. The van der Waals surface area contributed by atoms with Crippen molar-refractivity contribution in [2.75, 3.05) is 38.1 Å². The molecule has 130 valence electrons. The third kappa shape index (κ3) is 3.78. The number of benzene rings is 1. The van der Waals surface area contributed by atoms with Gasteiger partial charge in [-0.3, -0.25) is 9.59 Å². The number of hydrogen-bond donors (Lipinski definition) is 1. The van der Waals surface area contributed by atoms with Crippen molar-refractivity contribution in [3.05, 3.63) is 29.8 Å². The Morgan fingerprint density at radius 2 is 1.96 bits per heavy atom. The molecule has 2 heterocycles. The minimum atomic E-state index is 0.134. The molecule has 0 spiro atoms. The summed E-state index contributed by atoms with van der Waals surface area (Å²) in [5.74, 6) is 0.984. The van der Waals surface area contributed by atoms with Crippen LogP contribution >= 0.6 is 0 Å². The summed E-state index contributed by atoms with van der Waals surface area (Å²) in [6, 6.07) is 8.02. The van der Waals surface area contributed by atoms with Crippen molar-refractivity contribution in [3.63, 3.8) is 0 Å². The molecule has 1 saturated heterocycles. The van der Waals surface area contributed by atoms with Crippen molar-refractivity contribution in [2.45, 2.75) is 32.1 Å². The summed E-state index contributed by atoms with van der Waals surface area (Å²) in [6.45, 7) is 3.21. The van der Waals surface area contributed by atoms with Crippen molar-refractivity contribution in [2.24, 2.45) is 5.92 Å². The molecule has 1 fully saturated rings. The number of aryl methyl sites for hydroxylation is 1. The summed E-state index contributed by atoms with van der Waals surface area (Å²) in [7, 11) is 1.98. The van der Waals surface area contributed by atoms with E-state index < -0.39 is 0 Å². The quantitative estimate of drug-likeness (QED) is 0.896. The zero-order valence-electron chi connectivity index (χ0n) is 14.5. The maximum absolute atomic E-state index is 12.5. The van der Waals surface area contributed by atoms with Crippen LogP contribution in [0.5, 0.6) is 0 Å². The Hall–Kier alpha value is -1.88. The summed E-state index contributed by atoms with van der Waals surface area (Å²) in [6.07, 6.45) is 3.89. The van der Waals surface area contributed by atoms with Gasteiger partial charge >= 0.3 is 0 Å². The Kier molecular flexibility index (Phi) is 5.51. The lowest BCUT2D eigenvalue weighted by molar-refractivity contribution is -0.132. The molecular formula is C19H27N3O2. The summed E-state index contributed by atoms with van der Waals surface area (Å²) >= 11 is 0. The number of nitrogens with one attached hydrogen (secondary N) is 1. The van der Waals surface area contributed by atoms with Gasteiger partial charge in [0, 0.05) is 38.2 Å². The maximum atomic E-state index is 12.5. The SMILES string of the molecule is CNCC1CCN(C(=O)CCN2C(=O)CCc3ccccc32)CC1. The van der Waals surface area contributed by atoms with E-state index in [1.54, 1.807) is 4.90 Å². The van der Waals surface area contributed by atoms with E-state index in [9.17, 15) is 9.59 Å². The van der Waals surface area contributed by atoms with Crippen LogP contribution in [0.4, 0.5) is 5.69 Å². The predicted octanol–water partition coefficient (Wildman–Crippen LogP) is 1.81. The smallest absolute Gasteiger partial charge is 0.227 e. The molecule has 5 heteroatoms. The van der Waals surface area contributed by atoms with Gasteiger partial charge in [-0.2, -0.15) is 0 Å². The number of amides is 2. The number of rotatable bonds is 5. The first kappa shape index (κ1) is 17.0. The van der Waals surface area contributed by atoms with E-state index in [0.717, 1.165) is 44.6 Å². The number of hydrogen-bond acceptors (Lipinski definition) is 3.